The molecule has 5 heteroatoms. The Morgan fingerprint density at radius 1 is 1.20 bits per heavy atom. The Labute approximate surface area is 152 Å². The highest BCUT2D eigenvalue weighted by atomic mass is 32.2. The molecule has 1 aromatic rings. The first-order valence-corrected chi connectivity index (χ1v) is 10.9. The lowest BCUT2D eigenvalue weighted by atomic mass is 9.85. The van der Waals surface area contributed by atoms with Gasteiger partial charge in [-0.25, -0.2) is 8.42 Å². The molecular formula is C20H31NO3S. The first kappa shape index (κ1) is 20.0. The maximum Gasteiger partial charge on any atom is 0.220 e. The van der Waals surface area contributed by atoms with Gasteiger partial charge in [0.1, 0.15) is 0 Å². The highest BCUT2D eigenvalue weighted by molar-refractivity contribution is 7.91. The summed E-state index contributed by atoms with van der Waals surface area (Å²) in [5.74, 6) is 0.526. The molecule has 1 heterocycles. The van der Waals surface area contributed by atoms with E-state index in [1.54, 1.807) is 0 Å². The first-order chi connectivity index (χ1) is 11.5. The Morgan fingerprint density at radius 3 is 2.24 bits per heavy atom. The van der Waals surface area contributed by atoms with Crippen LogP contribution < -0.4 is 5.32 Å². The molecule has 1 amide bonds. The van der Waals surface area contributed by atoms with Gasteiger partial charge in [0.05, 0.1) is 17.5 Å². The standard InChI is InChI=1S/C20H31NO3S/c1-14(2)19(16-6-8-17(9-7-16)20(3,4)5)21-18(22)12-15-10-11-25(23,24)13-15/h6-9,14-15,19H,10-13H2,1-5H3,(H,21,22). The molecule has 1 aliphatic heterocycles. The minimum atomic E-state index is -2.94. The fourth-order valence-corrected chi connectivity index (χ4v) is 5.21. The van der Waals surface area contributed by atoms with Crippen molar-refractivity contribution in [2.75, 3.05) is 11.5 Å². The van der Waals surface area contributed by atoms with Crippen LogP contribution >= 0.6 is 0 Å². The van der Waals surface area contributed by atoms with E-state index in [4.69, 9.17) is 0 Å². The van der Waals surface area contributed by atoms with Crippen LogP contribution in [0.5, 0.6) is 0 Å². The van der Waals surface area contributed by atoms with E-state index in [2.05, 4.69) is 64.2 Å². The maximum atomic E-state index is 12.4. The Balaban J connectivity index is 2.04. The molecule has 0 aromatic heterocycles. The quantitative estimate of drug-likeness (QED) is 0.867. The van der Waals surface area contributed by atoms with Crippen molar-refractivity contribution < 1.29 is 13.2 Å². The number of sulfone groups is 1. The lowest BCUT2D eigenvalue weighted by Crippen LogP contribution is -2.33. The van der Waals surface area contributed by atoms with Gasteiger partial charge in [-0.05, 0) is 34.8 Å². The zero-order valence-corrected chi connectivity index (χ0v) is 16.8. The molecule has 140 valence electrons. The third-order valence-corrected chi connectivity index (χ3v) is 6.76. The number of carbonyl (C=O) groups excluding carboxylic acids is 1. The van der Waals surface area contributed by atoms with Crippen molar-refractivity contribution in [3.05, 3.63) is 35.4 Å². The first-order valence-electron chi connectivity index (χ1n) is 9.08. The molecule has 4 nitrogen and oxygen atoms in total. The largest absolute Gasteiger partial charge is 0.349 e. The summed E-state index contributed by atoms with van der Waals surface area (Å²) in [6, 6.07) is 8.37. The summed E-state index contributed by atoms with van der Waals surface area (Å²) in [6.45, 7) is 10.7. The molecule has 1 saturated heterocycles. The molecule has 2 rings (SSSR count). The average molecular weight is 366 g/mol. The van der Waals surface area contributed by atoms with E-state index in [1.807, 2.05) is 0 Å². The van der Waals surface area contributed by atoms with Crippen molar-refractivity contribution in [1.82, 2.24) is 5.32 Å². The van der Waals surface area contributed by atoms with E-state index in [1.165, 1.54) is 5.56 Å². The number of hydrogen-bond donors (Lipinski definition) is 1. The van der Waals surface area contributed by atoms with E-state index in [9.17, 15) is 13.2 Å². The molecule has 1 aliphatic rings. The molecule has 0 radical (unpaired) electrons. The van der Waals surface area contributed by atoms with E-state index < -0.39 is 9.84 Å². The second-order valence-electron chi connectivity index (χ2n) is 8.63. The lowest BCUT2D eigenvalue weighted by molar-refractivity contribution is -0.122. The molecular weight excluding hydrogens is 334 g/mol. The molecule has 0 spiro atoms. The van der Waals surface area contributed by atoms with Gasteiger partial charge in [0, 0.05) is 6.42 Å². The van der Waals surface area contributed by atoms with Gasteiger partial charge in [0.15, 0.2) is 9.84 Å². The van der Waals surface area contributed by atoms with Gasteiger partial charge in [-0.15, -0.1) is 0 Å². The van der Waals surface area contributed by atoms with Crippen molar-refractivity contribution in [2.24, 2.45) is 11.8 Å². The van der Waals surface area contributed by atoms with Crippen molar-refractivity contribution in [3.63, 3.8) is 0 Å². The highest BCUT2D eigenvalue weighted by Gasteiger charge is 2.30. The van der Waals surface area contributed by atoms with Crippen LogP contribution in [0.3, 0.4) is 0 Å². The summed E-state index contributed by atoms with van der Waals surface area (Å²) in [6.07, 6.45) is 0.894. The van der Waals surface area contributed by atoms with Crippen LogP contribution in [-0.4, -0.2) is 25.8 Å². The van der Waals surface area contributed by atoms with Crippen molar-refractivity contribution in [3.8, 4) is 0 Å². The second kappa shape index (κ2) is 7.48. The van der Waals surface area contributed by atoms with E-state index in [-0.39, 0.29) is 40.7 Å². The van der Waals surface area contributed by atoms with Crippen molar-refractivity contribution in [1.29, 1.82) is 0 Å². The predicted molar refractivity (Wildman–Crippen MR) is 102 cm³/mol. The van der Waals surface area contributed by atoms with Crippen LogP contribution in [-0.2, 0) is 20.0 Å². The normalized spacial score (nSPS) is 21.3. The predicted octanol–water partition coefficient (Wildman–Crippen LogP) is 3.62. The Hall–Kier alpha value is -1.36. The zero-order chi connectivity index (χ0) is 18.8. The number of nitrogens with one attached hydrogen (secondary N) is 1. The number of carbonyl (C=O) groups is 1. The fraction of sp³-hybridized carbons (Fsp3) is 0.650. The van der Waals surface area contributed by atoms with Crippen LogP contribution in [0, 0.1) is 11.8 Å². The van der Waals surface area contributed by atoms with Crippen LogP contribution in [0.15, 0.2) is 24.3 Å². The Morgan fingerprint density at radius 2 is 1.80 bits per heavy atom. The third-order valence-electron chi connectivity index (χ3n) is 4.92. The number of rotatable bonds is 5. The number of amides is 1. The van der Waals surface area contributed by atoms with Crippen LogP contribution in [0.4, 0.5) is 0 Å². The van der Waals surface area contributed by atoms with Crippen molar-refractivity contribution in [2.45, 2.75) is 58.9 Å². The van der Waals surface area contributed by atoms with Gasteiger partial charge in [-0.2, -0.15) is 0 Å². The molecule has 0 saturated carbocycles. The minimum Gasteiger partial charge on any atom is -0.349 e. The van der Waals surface area contributed by atoms with E-state index >= 15 is 0 Å². The zero-order valence-electron chi connectivity index (χ0n) is 16.0. The van der Waals surface area contributed by atoms with Gasteiger partial charge in [-0.3, -0.25) is 4.79 Å². The van der Waals surface area contributed by atoms with E-state index in [0.717, 1.165) is 5.56 Å². The second-order valence-corrected chi connectivity index (χ2v) is 10.9. The molecule has 25 heavy (non-hydrogen) atoms. The highest BCUT2D eigenvalue weighted by Crippen LogP contribution is 2.27. The average Bonchev–Trinajstić information content (AvgIpc) is 2.82. The summed E-state index contributed by atoms with van der Waals surface area (Å²) in [7, 11) is -2.94. The van der Waals surface area contributed by atoms with Gasteiger partial charge < -0.3 is 5.32 Å². The van der Waals surface area contributed by atoms with Crippen LogP contribution in [0.2, 0.25) is 0 Å². The van der Waals surface area contributed by atoms with Crippen molar-refractivity contribution >= 4 is 15.7 Å². The molecule has 1 aromatic carbocycles. The Bertz CT molecular complexity index is 699. The van der Waals surface area contributed by atoms with Gasteiger partial charge in [0.2, 0.25) is 5.91 Å². The Kier molecular flexibility index (Phi) is 5.97. The summed E-state index contributed by atoms with van der Waals surface area (Å²) in [4.78, 5) is 12.4. The van der Waals surface area contributed by atoms with Gasteiger partial charge in [-0.1, -0.05) is 58.9 Å². The van der Waals surface area contributed by atoms with Crippen LogP contribution in [0.1, 0.15) is 64.6 Å². The molecule has 0 aliphatic carbocycles. The molecule has 1 fully saturated rings. The fourth-order valence-electron chi connectivity index (χ4n) is 3.35. The number of benzene rings is 1. The maximum absolute atomic E-state index is 12.4. The topological polar surface area (TPSA) is 63.2 Å². The minimum absolute atomic E-state index is 0.0407. The summed E-state index contributed by atoms with van der Waals surface area (Å²) >= 11 is 0. The SMILES string of the molecule is CC(C)C(NC(=O)CC1CCS(=O)(=O)C1)c1ccc(C(C)(C)C)cc1. The van der Waals surface area contributed by atoms with E-state index in [0.29, 0.717) is 12.8 Å². The summed E-state index contributed by atoms with van der Waals surface area (Å²) < 4.78 is 23.1. The smallest absolute Gasteiger partial charge is 0.220 e. The van der Waals surface area contributed by atoms with Crippen LogP contribution in [0.25, 0.3) is 0 Å². The molecule has 2 unspecified atom stereocenters. The lowest BCUT2D eigenvalue weighted by Gasteiger charge is -2.25. The third kappa shape index (κ3) is 5.56. The molecule has 1 N–H and O–H groups in total. The monoisotopic (exact) mass is 365 g/mol. The van der Waals surface area contributed by atoms with Gasteiger partial charge in [0.25, 0.3) is 0 Å². The summed E-state index contributed by atoms with van der Waals surface area (Å²) in [5.41, 5.74) is 2.46. The van der Waals surface area contributed by atoms with Gasteiger partial charge >= 0.3 is 0 Å². The summed E-state index contributed by atoms with van der Waals surface area (Å²) in [5, 5.41) is 3.11. The molecule has 2 atom stereocenters. The number of hydrogen-bond acceptors (Lipinski definition) is 3. The molecule has 0 bridgehead atoms.